The molecule has 0 bridgehead atoms. The Kier molecular flexibility index (Phi) is 4.67. The maximum absolute atomic E-state index is 13.9. The lowest BCUT2D eigenvalue weighted by Gasteiger charge is -2.14. The quantitative estimate of drug-likeness (QED) is 0.895. The van der Waals surface area contributed by atoms with Crippen LogP contribution in [0.5, 0.6) is 5.75 Å². The summed E-state index contributed by atoms with van der Waals surface area (Å²) in [4.78, 5) is 0. The van der Waals surface area contributed by atoms with Crippen LogP contribution in [-0.2, 0) is 0 Å². The van der Waals surface area contributed by atoms with Crippen LogP contribution in [0.15, 0.2) is 46.9 Å². The molecule has 1 N–H and O–H groups in total. The summed E-state index contributed by atoms with van der Waals surface area (Å²) in [6, 6.07) is 9.96. The molecule has 0 spiro atoms. The van der Waals surface area contributed by atoms with E-state index in [4.69, 9.17) is 0 Å². The molecule has 2 rings (SSSR count). The Labute approximate surface area is 121 Å². The lowest BCUT2D eigenvalue weighted by atomic mass is 10.0. The fourth-order valence-corrected chi connectivity index (χ4v) is 2.12. The second kappa shape index (κ2) is 6.28. The Morgan fingerprint density at radius 2 is 1.70 bits per heavy atom. The molecule has 1 atom stereocenters. The first-order chi connectivity index (χ1) is 9.49. The summed E-state index contributed by atoms with van der Waals surface area (Å²) in [6.45, 7) is -2.91. The third kappa shape index (κ3) is 3.32. The Bertz CT molecular complexity index is 587. The summed E-state index contributed by atoms with van der Waals surface area (Å²) < 4.78 is 42.3. The van der Waals surface area contributed by atoms with Gasteiger partial charge in [0.25, 0.3) is 0 Å². The van der Waals surface area contributed by atoms with Gasteiger partial charge in [-0.25, -0.2) is 4.39 Å². The minimum atomic E-state index is -2.91. The molecule has 0 aromatic heterocycles. The van der Waals surface area contributed by atoms with Gasteiger partial charge in [-0.2, -0.15) is 8.78 Å². The largest absolute Gasteiger partial charge is 0.435 e. The van der Waals surface area contributed by atoms with E-state index in [9.17, 15) is 18.3 Å². The maximum atomic E-state index is 13.9. The Morgan fingerprint density at radius 1 is 1.05 bits per heavy atom. The number of alkyl halides is 2. The SMILES string of the molecule is OC(c1ccc(OC(F)F)cc1)c1cccc(Br)c1F. The van der Waals surface area contributed by atoms with E-state index in [2.05, 4.69) is 20.7 Å². The molecule has 6 heteroatoms. The van der Waals surface area contributed by atoms with Crippen molar-refractivity contribution in [3.05, 3.63) is 63.9 Å². The van der Waals surface area contributed by atoms with Crippen molar-refractivity contribution in [2.45, 2.75) is 12.7 Å². The first-order valence-electron chi connectivity index (χ1n) is 5.66. The molecule has 2 nitrogen and oxygen atoms in total. The van der Waals surface area contributed by atoms with Crippen LogP contribution >= 0.6 is 15.9 Å². The average molecular weight is 347 g/mol. The van der Waals surface area contributed by atoms with E-state index in [-0.39, 0.29) is 15.8 Å². The van der Waals surface area contributed by atoms with Crippen molar-refractivity contribution < 1.29 is 23.0 Å². The first-order valence-corrected chi connectivity index (χ1v) is 6.45. The number of benzene rings is 2. The summed E-state index contributed by atoms with van der Waals surface area (Å²) in [5.41, 5.74) is 0.477. The second-order valence-electron chi connectivity index (χ2n) is 3.99. The molecule has 2 aromatic rings. The van der Waals surface area contributed by atoms with Crippen molar-refractivity contribution in [1.29, 1.82) is 0 Å². The zero-order valence-electron chi connectivity index (χ0n) is 10.1. The van der Waals surface area contributed by atoms with E-state index in [1.165, 1.54) is 36.4 Å². The van der Waals surface area contributed by atoms with Crippen molar-refractivity contribution in [1.82, 2.24) is 0 Å². The zero-order chi connectivity index (χ0) is 14.7. The first kappa shape index (κ1) is 14.9. The maximum Gasteiger partial charge on any atom is 0.387 e. The molecule has 0 aliphatic heterocycles. The van der Waals surface area contributed by atoms with Crippen molar-refractivity contribution in [2.75, 3.05) is 0 Å². The summed E-state index contributed by atoms with van der Waals surface area (Å²) in [5.74, 6) is -0.585. The van der Waals surface area contributed by atoms with Gasteiger partial charge in [0.2, 0.25) is 0 Å². The van der Waals surface area contributed by atoms with Crippen molar-refractivity contribution in [3.8, 4) is 5.75 Å². The molecule has 0 amide bonds. The number of hydrogen-bond acceptors (Lipinski definition) is 2. The van der Waals surface area contributed by atoms with Gasteiger partial charge in [0.05, 0.1) is 4.47 Å². The smallest absolute Gasteiger partial charge is 0.387 e. The van der Waals surface area contributed by atoms with Crippen LogP contribution in [0.1, 0.15) is 17.2 Å². The van der Waals surface area contributed by atoms with Crippen LogP contribution in [-0.4, -0.2) is 11.7 Å². The average Bonchev–Trinajstić information content (AvgIpc) is 2.41. The topological polar surface area (TPSA) is 29.5 Å². The molecule has 0 radical (unpaired) electrons. The molecule has 0 aliphatic carbocycles. The molecule has 0 heterocycles. The molecule has 0 aliphatic rings. The number of halogens is 4. The minimum absolute atomic E-state index is 0.0225. The van der Waals surface area contributed by atoms with Crippen LogP contribution in [0.4, 0.5) is 13.2 Å². The fourth-order valence-electron chi connectivity index (χ4n) is 1.74. The third-order valence-electron chi connectivity index (χ3n) is 2.70. The lowest BCUT2D eigenvalue weighted by molar-refractivity contribution is -0.0498. The third-order valence-corrected chi connectivity index (χ3v) is 3.31. The van der Waals surface area contributed by atoms with Crippen LogP contribution < -0.4 is 4.74 Å². The standard InChI is InChI=1S/C14H10BrF3O2/c15-11-3-1-2-10(12(11)16)13(19)8-4-6-9(7-5-8)20-14(17)18/h1-7,13-14,19H. The number of rotatable bonds is 4. The van der Waals surface area contributed by atoms with Crippen LogP contribution in [0, 0.1) is 5.82 Å². The normalized spacial score (nSPS) is 12.5. The van der Waals surface area contributed by atoms with Gasteiger partial charge >= 0.3 is 6.61 Å². The van der Waals surface area contributed by atoms with E-state index in [1.807, 2.05) is 0 Å². The van der Waals surface area contributed by atoms with Gasteiger partial charge in [0.15, 0.2) is 0 Å². The molecule has 2 aromatic carbocycles. The molecule has 0 saturated heterocycles. The summed E-state index contributed by atoms with van der Waals surface area (Å²) in [7, 11) is 0. The summed E-state index contributed by atoms with van der Waals surface area (Å²) >= 11 is 3.04. The van der Waals surface area contributed by atoms with E-state index in [1.54, 1.807) is 6.07 Å². The lowest BCUT2D eigenvalue weighted by Crippen LogP contribution is -2.04. The number of ether oxygens (including phenoxy) is 1. The number of hydrogen-bond donors (Lipinski definition) is 1. The molecule has 20 heavy (non-hydrogen) atoms. The molecule has 106 valence electrons. The van der Waals surface area contributed by atoms with Gasteiger partial charge in [0, 0.05) is 5.56 Å². The van der Waals surface area contributed by atoms with Crippen molar-refractivity contribution in [2.24, 2.45) is 0 Å². The molecule has 0 saturated carbocycles. The molecule has 0 fully saturated rings. The zero-order valence-corrected chi connectivity index (χ0v) is 11.6. The summed E-state index contributed by atoms with van der Waals surface area (Å²) in [5, 5.41) is 10.1. The Hall–Kier alpha value is -1.53. The van der Waals surface area contributed by atoms with Crippen LogP contribution in [0.25, 0.3) is 0 Å². The minimum Gasteiger partial charge on any atom is -0.435 e. The van der Waals surface area contributed by atoms with E-state index in [0.29, 0.717) is 5.56 Å². The van der Waals surface area contributed by atoms with E-state index in [0.717, 1.165) is 0 Å². The predicted molar refractivity (Wildman–Crippen MR) is 71.2 cm³/mol. The number of aliphatic hydroxyl groups is 1. The van der Waals surface area contributed by atoms with Gasteiger partial charge in [-0.15, -0.1) is 0 Å². The van der Waals surface area contributed by atoms with Crippen LogP contribution in [0.3, 0.4) is 0 Å². The van der Waals surface area contributed by atoms with Gasteiger partial charge in [0.1, 0.15) is 17.7 Å². The molecular formula is C14H10BrF3O2. The highest BCUT2D eigenvalue weighted by Gasteiger charge is 2.17. The van der Waals surface area contributed by atoms with Crippen molar-refractivity contribution in [3.63, 3.8) is 0 Å². The fraction of sp³-hybridized carbons (Fsp3) is 0.143. The Balaban J connectivity index is 2.25. The summed E-state index contributed by atoms with van der Waals surface area (Å²) in [6.07, 6.45) is -1.19. The Morgan fingerprint density at radius 3 is 2.30 bits per heavy atom. The predicted octanol–water partition coefficient (Wildman–Crippen LogP) is 4.27. The monoisotopic (exact) mass is 346 g/mol. The van der Waals surface area contributed by atoms with Gasteiger partial charge in [-0.1, -0.05) is 24.3 Å². The highest BCUT2D eigenvalue weighted by atomic mass is 79.9. The van der Waals surface area contributed by atoms with Gasteiger partial charge in [-0.3, -0.25) is 0 Å². The molecule has 1 unspecified atom stereocenters. The van der Waals surface area contributed by atoms with Crippen LogP contribution in [0.2, 0.25) is 0 Å². The van der Waals surface area contributed by atoms with Gasteiger partial charge < -0.3 is 9.84 Å². The second-order valence-corrected chi connectivity index (χ2v) is 4.85. The van der Waals surface area contributed by atoms with Crippen molar-refractivity contribution >= 4 is 15.9 Å². The molecular weight excluding hydrogens is 337 g/mol. The number of aliphatic hydroxyl groups excluding tert-OH is 1. The van der Waals surface area contributed by atoms with E-state index < -0.39 is 18.5 Å². The highest BCUT2D eigenvalue weighted by molar-refractivity contribution is 9.10. The highest BCUT2D eigenvalue weighted by Crippen LogP contribution is 2.29. The van der Waals surface area contributed by atoms with Gasteiger partial charge in [-0.05, 0) is 39.7 Å². The van der Waals surface area contributed by atoms with E-state index >= 15 is 0 Å².